The molecule has 0 aliphatic carbocycles. The minimum Gasteiger partial charge on any atom is -0.294 e. The van der Waals surface area contributed by atoms with Crippen LogP contribution in [0.25, 0.3) is 0 Å². The van der Waals surface area contributed by atoms with Crippen LogP contribution in [0.4, 0.5) is 8.78 Å². The molecule has 0 aliphatic rings. The van der Waals surface area contributed by atoms with Crippen molar-refractivity contribution >= 4 is 21.7 Å². The zero-order valence-corrected chi connectivity index (χ0v) is 10.9. The van der Waals surface area contributed by atoms with Crippen LogP contribution in [0, 0.1) is 11.6 Å². The lowest BCUT2D eigenvalue weighted by Gasteiger charge is -2.03. The summed E-state index contributed by atoms with van der Waals surface area (Å²) >= 11 is 3.03. The van der Waals surface area contributed by atoms with Crippen LogP contribution in [0.3, 0.4) is 0 Å². The van der Waals surface area contributed by atoms with Crippen LogP contribution in [0.1, 0.15) is 15.9 Å². The fourth-order valence-electron chi connectivity index (χ4n) is 1.56. The number of hydrogen-bond donors (Lipinski definition) is 0. The van der Waals surface area contributed by atoms with E-state index < -0.39 is 5.82 Å². The zero-order chi connectivity index (χ0) is 13.1. The summed E-state index contributed by atoms with van der Waals surface area (Å²) in [4.78, 5) is 11.9. The van der Waals surface area contributed by atoms with Gasteiger partial charge in [0.25, 0.3) is 0 Å². The van der Waals surface area contributed by atoms with Gasteiger partial charge in [0.1, 0.15) is 11.6 Å². The summed E-state index contributed by atoms with van der Waals surface area (Å²) in [5, 5.41) is 0. The van der Waals surface area contributed by atoms with E-state index in [1.54, 1.807) is 18.2 Å². The Morgan fingerprint density at radius 2 is 1.72 bits per heavy atom. The number of Topliss-reactive ketones (excluding diaryl/α,β-unsaturated/α-hetero) is 1. The van der Waals surface area contributed by atoms with E-state index in [1.807, 2.05) is 0 Å². The summed E-state index contributed by atoms with van der Waals surface area (Å²) in [6, 6.07) is 9.92. The van der Waals surface area contributed by atoms with Gasteiger partial charge >= 0.3 is 0 Å². The quantitative estimate of drug-likeness (QED) is 0.778. The molecule has 0 aliphatic heterocycles. The normalized spacial score (nSPS) is 10.4. The molecule has 0 aromatic heterocycles. The molecule has 0 amide bonds. The zero-order valence-electron chi connectivity index (χ0n) is 9.29. The van der Waals surface area contributed by atoms with E-state index in [-0.39, 0.29) is 18.0 Å². The van der Waals surface area contributed by atoms with Crippen molar-refractivity contribution in [3.05, 3.63) is 69.7 Å². The standard InChI is InChI=1S/C14H9BrF2O/c15-12-6-3-10(8-13(12)17)14(18)7-9-1-4-11(16)5-2-9/h1-6,8H,7H2. The van der Waals surface area contributed by atoms with Gasteiger partial charge in [-0.05, 0) is 45.8 Å². The lowest BCUT2D eigenvalue weighted by Crippen LogP contribution is -2.04. The van der Waals surface area contributed by atoms with Gasteiger partial charge in [-0.25, -0.2) is 8.78 Å². The fraction of sp³-hybridized carbons (Fsp3) is 0.0714. The van der Waals surface area contributed by atoms with Gasteiger partial charge in [-0.15, -0.1) is 0 Å². The van der Waals surface area contributed by atoms with Gasteiger partial charge < -0.3 is 0 Å². The number of rotatable bonds is 3. The van der Waals surface area contributed by atoms with E-state index in [2.05, 4.69) is 15.9 Å². The van der Waals surface area contributed by atoms with Crippen LogP contribution in [-0.2, 0) is 6.42 Å². The summed E-state index contributed by atoms with van der Waals surface area (Å²) in [7, 11) is 0. The first-order chi connectivity index (χ1) is 8.56. The molecule has 0 saturated carbocycles. The molecule has 2 aromatic rings. The Bertz CT molecular complexity index is 579. The molecule has 18 heavy (non-hydrogen) atoms. The maximum absolute atomic E-state index is 13.3. The maximum Gasteiger partial charge on any atom is 0.167 e. The molecule has 2 rings (SSSR count). The third-order valence-electron chi connectivity index (χ3n) is 2.52. The highest BCUT2D eigenvalue weighted by molar-refractivity contribution is 9.10. The lowest BCUT2D eigenvalue weighted by atomic mass is 10.0. The first-order valence-corrected chi connectivity index (χ1v) is 6.08. The van der Waals surface area contributed by atoms with E-state index in [0.717, 1.165) is 0 Å². The van der Waals surface area contributed by atoms with Crippen LogP contribution >= 0.6 is 15.9 Å². The molecule has 1 nitrogen and oxygen atoms in total. The summed E-state index contributed by atoms with van der Waals surface area (Å²) in [5.74, 6) is -1.02. The van der Waals surface area contributed by atoms with Crippen molar-refractivity contribution < 1.29 is 13.6 Å². The smallest absolute Gasteiger partial charge is 0.167 e. The van der Waals surface area contributed by atoms with Crippen molar-refractivity contribution in [3.8, 4) is 0 Å². The van der Waals surface area contributed by atoms with Gasteiger partial charge in [-0.1, -0.05) is 18.2 Å². The molecule has 92 valence electrons. The van der Waals surface area contributed by atoms with E-state index in [9.17, 15) is 13.6 Å². The second kappa shape index (κ2) is 5.40. The Balaban J connectivity index is 2.16. The molecule has 2 aromatic carbocycles. The van der Waals surface area contributed by atoms with Gasteiger partial charge in [0.15, 0.2) is 5.78 Å². The summed E-state index contributed by atoms with van der Waals surface area (Å²) in [6.07, 6.45) is 0.126. The number of ketones is 1. The van der Waals surface area contributed by atoms with Gasteiger partial charge in [0, 0.05) is 12.0 Å². The highest BCUT2D eigenvalue weighted by atomic mass is 79.9. The van der Waals surface area contributed by atoms with Crippen LogP contribution in [0.2, 0.25) is 0 Å². The Morgan fingerprint density at radius 1 is 1.06 bits per heavy atom. The van der Waals surface area contributed by atoms with Crippen LogP contribution in [0.5, 0.6) is 0 Å². The highest BCUT2D eigenvalue weighted by Crippen LogP contribution is 2.17. The predicted molar refractivity (Wildman–Crippen MR) is 68.5 cm³/mol. The minimum atomic E-state index is -0.472. The molecule has 0 atom stereocenters. The monoisotopic (exact) mass is 310 g/mol. The Labute approximate surface area is 112 Å². The molecule has 0 heterocycles. The highest BCUT2D eigenvalue weighted by Gasteiger charge is 2.09. The fourth-order valence-corrected chi connectivity index (χ4v) is 1.81. The summed E-state index contributed by atoms with van der Waals surface area (Å²) < 4.78 is 26.3. The molecular formula is C14H9BrF2O. The first kappa shape index (κ1) is 12.9. The first-order valence-electron chi connectivity index (χ1n) is 5.29. The molecule has 0 spiro atoms. The average Bonchev–Trinajstić information content (AvgIpc) is 2.35. The molecule has 4 heteroatoms. The van der Waals surface area contributed by atoms with Crippen molar-refractivity contribution in [1.29, 1.82) is 0 Å². The molecule has 0 N–H and O–H groups in total. The number of benzene rings is 2. The molecule has 0 unspecified atom stereocenters. The second-order valence-electron chi connectivity index (χ2n) is 3.86. The van der Waals surface area contributed by atoms with Crippen molar-refractivity contribution in [2.24, 2.45) is 0 Å². The Morgan fingerprint density at radius 3 is 2.33 bits per heavy atom. The van der Waals surface area contributed by atoms with Gasteiger partial charge in [0.05, 0.1) is 4.47 Å². The van der Waals surface area contributed by atoms with Gasteiger partial charge in [-0.2, -0.15) is 0 Å². The molecular weight excluding hydrogens is 302 g/mol. The van der Waals surface area contributed by atoms with Crippen LogP contribution in [0.15, 0.2) is 46.9 Å². The predicted octanol–water partition coefficient (Wildman–Crippen LogP) is 4.15. The summed E-state index contributed by atoms with van der Waals surface area (Å²) in [6.45, 7) is 0. The number of carbonyl (C=O) groups is 1. The maximum atomic E-state index is 13.3. The molecule has 0 bridgehead atoms. The number of carbonyl (C=O) groups excluding carboxylic acids is 1. The topological polar surface area (TPSA) is 17.1 Å². The molecule has 0 radical (unpaired) electrons. The van der Waals surface area contributed by atoms with Gasteiger partial charge in [0.2, 0.25) is 0 Å². The van der Waals surface area contributed by atoms with Crippen molar-refractivity contribution in [1.82, 2.24) is 0 Å². The molecule has 0 fully saturated rings. The van der Waals surface area contributed by atoms with Crippen LogP contribution in [-0.4, -0.2) is 5.78 Å². The minimum absolute atomic E-state index is 0.126. The van der Waals surface area contributed by atoms with Crippen molar-refractivity contribution in [2.75, 3.05) is 0 Å². The third-order valence-corrected chi connectivity index (χ3v) is 3.16. The Kier molecular flexibility index (Phi) is 3.87. The van der Waals surface area contributed by atoms with Crippen molar-refractivity contribution in [2.45, 2.75) is 6.42 Å². The van der Waals surface area contributed by atoms with E-state index >= 15 is 0 Å². The van der Waals surface area contributed by atoms with Crippen molar-refractivity contribution in [3.63, 3.8) is 0 Å². The number of hydrogen-bond acceptors (Lipinski definition) is 1. The lowest BCUT2D eigenvalue weighted by molar-refractivity contribution is 0.0992. The largest absolute Gasteiger partial charge is 0.294 e. The second-order valence-corrected chi connectivity index (χ2v) is 4.71. The Hall–Kier alpha value is -1.55. The number of halogens is 3. The third kappa shape index (κ3) is 3.01. The van der Waals surface area contributed by atoms with Crippen LogP contribution < -0.4 is 0 Å². The van der Waals surface area contributed by atoms with E-state index in [1.165, 1.54) is 24.3 Å². The van der Waals surface area contributed by atoms with E-state index in [4.69, 9.17) is 0 Å². The van der Waals surface area contributed by atoms with Gasteiger partial charge in [-0.3, -0.25) is 4.79 Å². The SMILES string of the molecule is O=C(Cc1ccc(F)cc1)c1ccc(Br)c(F)c1. The summed E-state index contributed by atoms with van der Waals surface area (Å²) in [5.41, 5.74) is 1.00. The van der Waals surface area contributed by atoms with E-state index in [0.29, 0.717) is 15.6 Å². The average molecular weight is 311 g/mol. The molecule has 0 saturated heterocycles.